The summed E-state index contributed by atoms with van der Waals surface area (Å²) < 4.78 is 33.7. The zero-order chi connectivity index (χ0) is 21.4. The van der Waals surface area contributed by atoms with Crippen LogP contribution in [0.15, 0.2) is 52.3 Å². The maximum Gasteiger partial charge on any atom is 0.341 e. The molecule has 158 valence electrons. The molecule has 0 saturated heterocycles. The van der Waals surface area contributed by atoms with E-state index in [1.807, 2.05) is 26.0 Å². The molecular formula is C20H24INO5S2. The predicted molar refractivity (Wildman–Crippen MR) is 123 cm³/mol. The van der Waals surface area contributed by atoms with E-state index in [0.29, 0.717) is 29.5 Å². The minimum Gasteiger partial charge on any atom is -0.482 e. The summed E-state index contributed by atoms with van der Waals surface area (Å²) in [5, 5.41) is 8.71. The van der Waals surface area contributed by atoms with Gasteiger partial charge in [-0.25, -0.2) is 13.2 Å². The Kier molecular flexibility index (Phi) is 9.25. The van der Waals surface area contributed by atoms with Crippen molar-refractivity contribution < 1.29 is 23.1 Å². The summed E-state index contributed by atoms with van der Waals surface area (Å²) in [5.74, 6) is 0.122. The van der Waals surface area contributed by atoms with E-state index in [1.54, 1.807) is 42.1 Å². The number of carbonyl (C=O) groups is 1. The summed E-state index contributed by atoms with van der Waals surface area (Å²) in [7, 11) is -3.52. The molecule has 2 aromatic carbocycles. The molecule has 0 radical (unpaired) electrons. The average molecular weight is 549 g/mol. The van der Waals surface area contributed by atoms with E-state index in [4.69, 9.17) is 9.84 Å². The number of aliphatic carboxylic acids is 1. The molecule has 0 aromatic heterocycles. The summed E-state index contributed by atoms with van der Waals surface area (Å²) in [4.78, 5) is 11.9. The molecule has 1 N–H and O–H groups in total. The zero-order valence-corrected chi connectivity index (χ0v) is 20.1. The molecule has 0 unspecified atom stereocenters. The van der Waals surface area contributed by atoms with Crippen molar-refractivity contribution in [1.82, 2.24) is 4.31 Å². The topological polar surface area (TPSA) is 83.9 Å². The Morgan fingerprint density at radius 2 is 1.86 bits per heavy atom. The zero-order valence-electron chi connectivity index (χ0n) is 16.3. The number of halogens is 1. The van der Waals surface area contributed by atoms with E-state index in [2.05, 4.69) is 22.6 Å². The van der Waals surface area contributed by atoms with Crippen LogP contribution >= 0.6 is 34.4 Å². The van der Waals surface area contributed by atoms with Crippen molar-refractivity contribution in [3.63, 3.8) is 0 Å². The van der Waals surface area contributed by atoms with Crippen LogP contribution in [0, 0.1) is 10.5 Å². The molecule has 0 bridgehead atoms. The van der Waals surface area contributed by atoms with Crippen molar-refractivity contribution in [2.45, 2.75) is 30.1 Å². The quantitative estimate of drug-likeness (QED) is 0.333. The lowest BCUT2D eigenvalue weighted by Gasteiger charge is -2.21. The molecule has 0 aliphatic heterocycles. The van der Waals surface area contributed by atoms with Crippen molar-refractivity contribution in [3.05, 3.63) is 51.6 Å². The first-order valence-electron chi connectivity index (χ1n) is 9.07. The Hall–Kier alpha value is -1.30. The van der Waals surface area contributed by atoms with Gasteiger partial charge in [-0.05, 0) is 84.0 Å². The third-order valence-electron chi connectivity index (χ3n) is 4.03. The Balaban J connectivity index is 2.01. The van der Waals surface area contributed by atoms with Gasteiger partial charge in [0.1, 0.15) is 5.75 Å². The lowest BCUT2D eigenvalue weighted by molar-refractivity contribution is -0.139. The number of rotatable bonds is 11. The number of nitrogens with zero attached hydrogens (tertiary/aromatic N) is 1. The van der Waals surface area contributed by atoms with Crippen LogP contribution in [0.5, 0.6) is 5.75 Å². The number of sulfonamides is 1. The molecule has 29 heavy (non-hydrogen) atoms. The molecule has 9 heteroatoms. The molecule has 2 rings (SSSR count). The van der Waals surface area contributed by atoms with Crippen LogP contribution < -0.4 is 4.74 Å². The smallest absolute Gasteiger partial charge is 0.341 e. The molecule has 0 spiro atoms. The van der Waals surface area contributed by atoms with Crippen LogP contribution in [0.1, 0.15) is 18.9 Å². The van der Waals surface area contributed by atoms with Crippen molar-refractivity contribution in [2.75, 3.05) is 25.4 Å². The summed E-state index contributed by atoms with van der Waals surface area (Å²) >= 11 is 3.71. The number of carboxylic acid groups (broad SMARTS) is 1. The fraction of sp³-hybridized carbons (Fsp3) is 0.350. The molecule has 0 atom stereocenters. The minimum atomic E-state index is -3.52. The van der Waals surface area contributed by atoms with Gasteiger partial charge in [-0.1, -0.05) is 6.92 Å². The van der Waals surface area contributed by atoms with E-state index in [-0.39, 0.29) is 6.61 Å². The van der Waals surface area contributed by atoms with Gasteiger partial charge in [0.05, 0.1) is 4.90 Å². The third-order valence-corrected chi connectivity index (χ3v) is 7.64. The van der Waals surface area contributed by atoms with Gasteiger partial charge < -0.3 is 9.84 Å². The Labute approximate surface area is 189 Å². The summed E-state index contributed by atoms with van der Waals surface area (Å²) in [6, 6.07) is 12.4. The fourth-order valence-corrected chi connectivity index (χ4v) is 5.62. The van der Waals surface area contributed by atoms with Gasteiger partial charge in [-0.15, -0.1) is 11.8 Å². The molecule has 2 aromatic rings. The van der Waals surface area contributed by atoms with Gasteiger partial charge in [0, 0.05) is 27.3 Å². The lowest BCUT2D eigenvalue weighted by Crippen LogP contribution is -2.33. The first kappa shape index (κ1) is 24.0. The number of aryl methyl sites for hydroxylation is 1. The largest absolute Gasteiger partial charge is 0.482 e. The van der Waals surface area contributed by atoms with Crippen LogP contribution in [0.4, 0.5) is 0 Å². The van der Waals surface area contributed by atoms with Crippen molar-refractivity contribution in [1.29, 1.82) is 0 Å². The highest BCUT2D eigenvalue weighted by Crippen LogP contribution is 2.26. The van der Waals surface area contributed by atoms with Gasteiger partial charge in [0.2, 0.25) is 10.0 Å². The number of ether oxygens (including phenoxy) is 1. The molecule has 0 fully saturated rings. The minimum absolute atomic E-state index is 0.312. The highest BCUT2D eigenvalue weighted by Gasteiger charge is 2.23. The van der Waals surface area contributed by atoms with E-state index in [9.17, 15) is 13.2 Å². The summed E-state index contributed by atoms with van der Waals surface area (Å²) in [6.45, 7) is 4.31. The number of hydrogen-bond acceptors (Lipinski definition) is 5. The van der Waals surface area contributed by atoms with Crippen LogP contribution in [0.3, 0.4) is 0 Å². The summed E-state index contributed by atoms with van der Waals surface area (Å²) in [6.07, 6.45) is 0.739. The maximum absolute atomic E-state index is 13.0. The number of thioether (sulfide) groups is 1. The van der Waals surface area contributed by atoms with Crippen molar-refractivity contribution >= 4 is 50.3 Å². The number of hydrogen-bond donors (Lipinski definition) is 1. The highest BCUT2D eigenvalue weighted by molar-refractivity contribution is 14.1. The Morgan fingerprint density at radius 3 is 2.45 bits per heavy atom. The van der Waals surface area contributed by atoms with Crippen molar-refractivity contribution in [3.8, 4) is 5.75 Å². The van der Waals surface area contributed by atoms with Gasteiger partial charge in [0.25, 0.3) is 0 Å². The lowest BCUT2D eigenvalue weighted by atomic mass is 10.2. The molecule has 0 aliphatic carbocycles. The number of carboxylic acids is 1. The average Bonchev–Trinajstić information content (AvgIpc) is 2.67. The third kappa shape index (κ3) is 7.16. The van der Waals surface area contributed by atoms with Crippen LogP contribution in [0.25, 0.3) is 0 Å². The molecule has 0 saturated carbocycles. The molecule has 0 heterocycles. The number of benzene rings is 2. The predicted octanol–water partition coefficient (Wildman–Crippen LogP) is 4.26. The SMILES string of the molecule is CCCN(CCSc1ccc(OCC(=O)O)c(C)c1)S(=O)(=O)c1ccc(I)cc1. The molecule has 0 aliphatic rings. The van der Waals surface area contributed by atoms with E-state index in [1.165, 1.54) is 4.31 Å². The van der Waals surface area contributed by atoms with Crippen LogP contribution in [0.2, 0.25) is 0 Å². The van der Waals surface area contributed by atoms with Gasteiger partial charge in [-0.3, -0.25) is 0 Å². The molecular weight excluding hydrogens is 525 g/mol. The first-order valence-corrected chi connectivity index (χ1v) is 12.6. The van der Waals surface area contributed by atoms with Gasteiger partial charge in [0.15, 0.2) is 6.61 Å². The monoisotopic (exact) mass is 549 g/mol. The normalized spacial score (nSPS) is 11.6. The maximum atomic E-state index is 13.0. The standard InChI is InChI=1S/C20H24INO5S2/c1-3-10-22(29(25,26)18-7-4-16(21)5-8-18)11-12-28-17-6-9-19(15(2)13-17)27-14-20(23)24/h4-9,13H,3,10-12,14H2,1-2H3,(H,23,24). The fourth-order valence-electron chi connectivity index (χ4n) is 2.64. The van der Waals surface area contributed by atoms with Gasteiger partial charge >= 0.3 is 5.97 Å². The second-order valence-electron chi connectivity index (χ2n) is 6.32. The first-order chi connectivity index (χ1) is 13.7. The van der Waals surface area contributed by atoms with E-state index >= 15 is 0 Å². The van der Waals surface area contributed by atoms with Crippen molar-refractivity contribution in [2.24, 2.45) is 0 Å². The molecule has 0 amide bonds. The Morgan fingerprint density at radius 1 is 1.17 bits per heavy atom. The molecule has 6 nitrogen and oxygen atoms in total. The Bertz CT molecular complexity index is 932. The van der Waals surface area contributed by atoms with E-state index < -0.39 is 16.0 Å². The highest BCUT2D eigenvalue weighted by atomic mass is 127. The van der Waals surface area contributed by atoms with Crippen LogP contribution in [-0.2, 0) is 14.8 Å². The second-order valence-corrected chi connectivity index (χ2v) is 10.7. The summed E-state index contributed by atoms with van der Waals surface area (Å²) in [5.41, 5.74) is 0.841. The van der Waals surface area contributed by atoms with Gasteiger partial charge in [-0.2, -0.15) is 4.31 Å². The van der Waals surface area contributed by atoms with Crippen LogP contribution in [-0.4, -0.2) is 49.2 Å². The van der Waals surface area contributed by atoms with E-state index in [0.717, 1.165) is 20.4 Å². The second kappa shape index (κ2) is 11.2.